The van der Waals surface area contributed by atoms with Crippen LogP contribution < -0.4 is 10.6 Å². The lowest BCUT2D eigenvalue weighted by atomic mass is 10.2. The number of nitrogens with two attached hydrogens (primary N) is 1. The second kappa shape index (κ2) is 4.96. The van der Waals surface area contributed by atoms with E-state index >= 15 is 0 Å². The summed E-state index contributed by atoms with van der Waals surface area (Å²) in [5.74, 6) is 1.02. The fourth-order valence-electron chi connectivity index (χ4n) is 2.43. The zero-order valence-corrected chi connectivity index (χ0v) is 10.9. The molecule has 1 aliphatic heterocycles. The molecule has 0 amide bonds. The van der Waals surface area contributed by atoms with E-state index in [9.17, 15) is 0 Å². The van der Waals surface area contributed by atoms with Crippen LogP contribution >= 0.6 is 0 Å². The van der Waals surface area contributed by atoms with Crippen LogP contribution in [0.15, 0.2) is 0 Å². The highest BCUT2D eigenvalue weighted by atomic mass is 16.5. The molecule has 5 heteroatoms. The fourth-order valence-corrected chi connectivity index (χ4v) is 2.43. The first-order valence-electron chi connectivity index (χ1n) is 6.27. The second-order valence-electron chi connectivity index (χ2n) is 4.69. The SMILES string of the molecule is CCCc1nn(C)c(N(C)C2CCOC2)c1N. The Kier molecular flexibility index (Phi) is 3.57. The molecule has 1 aliphatic rings. The van der Waals surface area contributed by atoms with Gasteiger partial charge in [0.2, 0.25) is 0 Å². The number of hydrogen-bond acceptors (Lipinski definition) is 4. The normalized spacial score (nSPS) is 19.8. The number of anilines is 2. The first-order valence-corrected chi connectivity index (χ1v) is 6.27. The number of nitrogen functional groups attached to an aromatic ring is 1. The zero-order valence-electron chi connectivity index (χ0n) is 10.9. The Morgan fingerprint density at radius 2 is 2.35 bits per heavy atom. The van der Waals surface area contributed by atoms with Crippen molar-refractivity contribution in [1.29, 1.82) is 0 Å². The number of likely N-dealkylation sites (N-methyl/N-ethyl adjacent to an activating group) is 1. The van der Waals surface area contributed by atoms with Crippen molar-refractivity contribution in [2.24, 2.45) is 7.05 Å². The maximum Gasteiger partial charge on any atom is 0.150 e. The van der Waals surface area contributed by atoms with E-state index < -0.39 is 0 Å². The van der Waals surface area contributed by atoms with E-state index in [1.54, 1.807) is 0 Å². The van der Waals surface area contributed by atoms with E-state index in [0.717, 1.165) is 49.7 Å². The largest absolute Gasteiger partial charge is 0.394 e. The summed E-state index contributed by atoms with van der Waals surface area (Å²) in [6.45, 7) is 3.77. The van der Waals surface area contributed by atoms with Gasteiger partial charge in [0.1, 0.15) is 5.82 Å². The fraction of sp³-hybridized carbons (Fsp3) is 0.750. The lowest BCUT2D eigenvalue weighted by Gasteiger charge is -2.25. The van der Waals surface area contributed by atoms with Gasteiger partial charge in [0, 0.05) is 20.7 Å². The molecule has 0 aliphatic carbocycles. The molecule has 1 unspecified atom stereocenters. The average molecular weight is 238 g/mol. The first-order chi connectivity index (χ1) is 8.15. The van der Waals surface area contributed by atoms with Gasteiger partial charge in [0.25, 0.3) is 0 Å². The zero-order chi connectivity index (χ0) is 12.4. The molecule has 0 bridgehead atoms. The molecule has 0 radical (unpaired) electrons. The molecule has 0 saturated carbocycles. The Bertz CT molecular complexity index is 382. The Hall–Kier alpha value is -1.23. The topological polar surface area (TPSA) is 56.3 Å². The van der Waals surface area contributed by atoms with Crippen LogP contribution in [0.4, 0.5) is 11.5 Å². The molecular formula is C12H22N4O. The molecule has 1 saturated heterocycles. The lowest BCUT2D eigenvalue weighted by Crippen LogP contribution is -2.33. The second-order valence-corrected chi connectivity index (χ2v) is 4.69. The Morgan fingerprint density at radius 1 is 1.59 bits per heavy atom. The average Bonchev–Trinajstić information content (AvgIpc) is 2.89. The third-order valence-electron chi connectivity index (χ3n) is 3.40. The lowest BCUT2D eigenvalue weighted by molar-refractivity contribution is 0.193. The molecule has 0 spiro atoms. The molecule has 1 aromatic heterocycles. The summed E-state index contributed by atoms with van der Waals surface area (Å²) in [7, 11) is 4.03. The highest BCUT2D eigenvalue weighted by molar-refractivity contribution is 5.66. The van der Waals surface area contributed by atoms with Crippen molar-refractivity contribution >= 4 is 11.5 Å². The molecular weight excluding hydrogens is 216 g/mol. The summed E-state index contributed by atoms with van der Waals surface area (Å²) in [4.78, 5) is 2.20. The molecule has 1 atom stereocenters. The molecule has 2 rings (SSSR count). The van der Waals surface area contributed by atoms with Crippen molar-refractivity contribution in [3.8, 4) is 0 Å². The van der Waals surface area contributed by atoms with Crippen molar-refractivity contribution < 1.29 is 4.74 Å². The summed E-state index contributed by atoms with van der Waals surface area (Å²) in [6.07, 6.45) is 3.07. The number of rotatable bonds is 4. The predicted octanol–water partition coefficient (Wildman–Crippen LogP) is 1.18. The van der Waals surface area contributed by atoms with Gasteiger partial charge in [-0.05, 0) is 12.8 Å². The number of aryl methyl sites for hydroxylation is 2. The Balaban J connectivity index is 2.24. The van der Waals surface area contributed by atoms with Crippen molar-refractivity contribution in [1.82, 2.24) is 9.78 Å². The first kappa shape index (κ1) is 12.2. The minimum absolute atomic E-state index is 0.419. The monoisotopic (exact) mass is 238 g/mol. The molecule has 0 aromatic carbocycles. The molecule has 5 nitrogen and oxygen atoms in total. The molecule has 2 heterocycles. The van der Waals surface area contributed by atoms with Crippen molar-refractivity contribution in [2.75, 3.05) is 30.9 Å². The summed E-state index contributed by atoms with van der Waals surface area (Å²) in [5, 5.41) is 4.50. The van der Waals surface area contributed by atoms with Crippen LogP contribution in [0.3, 0.4) is 0 Å². The molecule has 2 N–H and O–H groups in total. The van der Waals surface area contributed by atoms with Gasteiger partial charge in [0.05, 0.1) is 24.0 Å². The number of hydrogen-bond donors (Lipinski definition) is 1. The van der Waals surface area contributed by atoms with E-state index in [1.807, 2.05) is 11.7 Å². The van der Waals surface area contributed by atoms with Crippen molar-refractivity contribution in [3.63, 3.8) is 0 Å². The molecule has 1 aromatic rings. The number of aromatic nitrogens is 2. The molecule has 17 heavy (non-hydrogen) atoms. The number of ether oxygens (including phenoxy) is 1. The minimum atomic E-state index is 0.419. The Morgan fingerprint density at radius 3 is 2.94 bits per heavy atom. The van der Waals surface area contributed by atoms with Gasteiger partial charge in [-0.15, -0.1) is 0 Å². The highest BCUT2D eigenvalue weighted by Gasteiger charge is 2.25. The van der Waals surface area contributed by atoms with E-state index in [4.69, 9.17) is 10.5 Å². The van der Waals surface area contributed by atoms with Gasteiger partial charge >= 0.3 is 0 Å². The molecule has 1 fully saturated rings. The Labute approximate surface area is 103 Å². The van der Waals surface area contributed by atoms with E-state index in [-0.39, 0.29) is 0 Å². The summed E-state index contributed by atoms with van der Waals surface area (Å²) < 4.78 is 7.31. The summed E-state index contributed by atoms with van der Waals surface area (Å²) in [6, 6.07) is 0.419. The van der Waals surface area contributed by atoms with Crippen LogP contribution in [0.1, 0.15) is 25.5 Å². The molecule has 96 valence electrons. The van der Waals surface area contributed by atoms with Gasteiger partial charge in [-0.1, -0.05) is 13.3 Å². The van der Waals surface area contributed by atoms with Gasteiger partial charge in [-0.3, -0.25) is 4.68 Å². The third kappa shape index (κ3) is 2.24. The summed E-state index contributed by atoms with van der Waals surface area (Å²) in [5.41, 5.74) is 8.03. The van der Waals surface area contributed by atoms with Gasteiger partial charge < -0.3 is 15.4 Å². The van der Waals surface area contributed by atoms with Crippen LogP contribution in [0.25, 0.3) is 0 Å². The quantitative estimate of drug-likeness (QED) is 0.856. The maximum atomic E-state index is 6.19. The maximum absolute atomic E-state index is 6.19. The standard InChI is InChI=1S/C12H22N4O/c1-4-5-10-11(13)12(16(3)14-10)15(2)9-6-7-17-8-9/h9H,4-8,13H2,1-3H3. The van der Waals surface area contributed by atoms with Crippen LogP contribution in [-0.2, 0) is 18.2 Å². The smallest absolute Gasteiger partial charge is 0.150 e. The number of nitrogens with zero attached hydrogens (tertiary/aromatic N) is 3. The van der Waals surface area contributed by atoms with Crippen molar-refractivity contribution in [3.05, 3.63) is 5.69 Å². The highest BCUT2D eigenvalue weighted by Crippen LogP contribution is 2.29. The van der Waals surface area contributed by atoms with Crippen LogP contribution in [-0.4, -0.2) is 36.1 Å². The van der Waals surface area contributed by atoms with Crippen LogP contribution in [0.5, 0.6) is 0 Å². The minimum Gasteiger partial charge on any atom is -0.394 e. The van der Waals surface area contributed by atoms with Gasteiger partial charge in [-0.25, -0.2) is 0 Å². The van der Waals surface area contributed by atoms with E-state index in [2.05, 4.69) is 24.0 Å². The predicted molar refractivity (Wildman–Crippen MR) is 69.2 cm³/mol. The van der Waals surface area contributed by atoms with Crippen LogP contribution in [0.2, 0.25) is 0 Å². The van der Waals surface area contributed by atoms with Gasteiger partial charge in [-0.2, -0.15) is 5.10 Å². The van der Waals surface area contributed by atoms with Crippen LogP contribution in [0, 0.1) is 0 Å². The third-order valence-corrected chi connectivity index (χ3v) is 3.40. The van der Waals surface area contributed by atoms with Gasteiger partial charge in [0.15, 0.2) is 0 Å². The van der Waals surface area contributed by atoms with E-state index in [1.165, 1.54) is 0 Å². The van der Waals surface area contributed by atoms with E-state index in [0.29, 0.717) is 6.04 Å². The van der Waals surface area contributed by atoms with Crippen molar-refractivity contribution in [2.45, 2.75) is 32.2 Å². The summed E-state index contributed by atoms with van der Waals surface area (Å²) >= 11 is 0.